The molecule has 1 amide bonds. The average Bonchev–Trinajstić information content (AvgIpc) is 2.41. The molecule has 0 atom stereocenters. The van der Waals surface area contributed by atoms with Gasteiger partial charge in [-0.25, -0.2) is 4.39 Å². The molecule has 8 heteroatoms. The molecule has 1 N–H and O–H groups in total. The number of hydrogen-bond acceptors (Lipinski definition) is 4. The summed E-state index contributed by atoms with van der Waals surface area (Å²) in [4.78, 5) is 25.6. The first-order valence-electron chi connectivity index (χ1n) is 5.34. The van der Waals surface area contributed by atoms with Crippen LogP contribution in [0.3, 0.4) is 0 Å². The van der Waals surface area contributed by atoms with Gasteiger partial charge in [0.2, 0.25) is 0 Å². The van der Waals surface area contributed by atoms with Crippen LogP contribution in [0, 0.1) is 15.9 Å². The van der Waals surface area contributed by atoms with Crippen molar-refractivity contribution < 1.29 is 14.1 Å². The molecule has 0 unspecified atom stereocenters. The number of carbonyl (C=O) groups is 1. The second kappa shape index (κ2) is 5.74. The van der Waals surface area contributed by atoms with Crippen LogP contribution in [0.25, 0.3) is 0 Å². The highest BCUT2D eigenvalue weighted by molar-refractivity contribution is 9.10. The van der Waals surface area contributed by atoms with Crippen molar-refractivity contribution in [3.63, 3.8) is 0 Å². The third-order valence-electron chi connectivity index (χ3n) is 2.43. The van der Waals surface area contributed by atoms with Crippen LogP contribution in [-0.2, 0) is 0 Å². The molecule has 0 saturated heterocycles. The summed E-state index contributed by atoms with van der Waals surface area (Å²) in [7, 11) is 0. The topological polar surface area (TPSA) is 85.1 Å². The first-order valence-corrected chi connectivity index (χ1v) is 6.13. The Balaban J connectivity index is 2.28. The second-order valence-electron chi connectivity index (χ2n) is 3.73. The summed E-state index contributed by atoms with van der Waals surface area (Å²) < 4.78 is 13.6. The highest BCUT2D eigenvalue weighted by Gasteiger charge is 2.16. The molecule has 0 fully saturated rings. The zero-order valence-electron chi connectivity index (χ0n) is 9.84. The van der Waals surface area contributed by atoms with Gasteiger partial charge in [-0.15, -0.1) is 0 Å². The molecule has 6 nitrogen and oxygen atoms in total. The van der Waals surface area contributed by atoms with Crippen LogP contribution in [0.4, 0.5) is 15.8 Å². The summed E-state index contributed by atoms with van der Waals surface area (Å²) in [5.74, 6) is -1.34. The molecule has 0 aliphatic rings. The quantitative estimate of drug-likeness (QED) is 0.687. The Morgan fingerprint density at radius 1 is 1.40 bits per heavy atom. The minimum atomic E-state index is -0.688. The van der Waals surface area contributed by atoms with E-state index in [9.17, 15) is 19.3 Å². The Bertz CT molecular complexity index is 693. The van der Waals surface area contributed by atoms with Gasteiger partial charge in [0.25, 0.3) is 11.6 Å². The molecular weight excluding hydrogens is 333 g/mol. The fraction of sp³-hybridized carbons (Fsp3) is 0. The standard InChI is InChI=1S/C12H7BrFN3O3/c13-8-2-1-7(5-11(8)17(19)20)12(18)16-10-3-4-15-6-9(10)14/h1-6H,(H,15,16,18). The maximum atomic E-state index is 13.3. The van der Waals surface area contributed by atoms with Gasteiger partial charge in [-0.2, -0.15) is 0 Å². The van der Waals surface area contributed by atoms with Gasteiger partial charge in [0, 0.05) is 17.8 Å². The number of hydrogen-bond donors (Lipinski definition) is 1. The maximum Gasteiger partial charge on any atom is 0.284 e. The molecule has 20 heavy (non-hydrogen) atoms. The van der Waals surface area contributed by atoms with E-state index in [1.54, 1.807) is 0 Å². The van der Waals surface area contributed by atoms with E-state index in [4.69, 9.17) is 0 Å². The Hall–Kier alpha value is -2.35. The molecule has 1 heterocycles. The van der Waals surface area contributed by atoms with Crippen LogP contribution < -0.4 is 5.32 Å². The molecule has 0 aliphatic heterocycles. The molecule has 1 aromatic carbocycles. The maximum absolute atomic E-state index is 13.3. The fourth-order valence-corrected chi connectivity index (χ4v) is 1.86. The summed E-state index contributed by atoms with van der Waals surface area (Å²) in [6.07, 6.45) is 2.28. The molecule has 0 bridgehead atoms. The lowest BCUT2D eigenvalue weighted by Crippen LogP contribution is -2.13. The number of aromatic nitrogens is 1. The number of rotatable bonds is 3. The number of amides is 1. The number of nitrogens with one attached hydrogen (secondary N) is 1. The summed E-state index contributed by atoms with van der Waals surface area (Å²) in [5, 5.41) is 13.1. The van der Waals surface area contributed by atoms with Gasteiger partial charge < -0.3 is 5.32 Å². The lowest BCUT2D eigenvalue weighted by molar-refractivity contribution is -0.385. The molecule has 0 radical (unpaired) electrons. The first kappa shape index (κ1) is 14.1. The third kappa shape index (κ3) is 2.97. The van der Waals surface area contributed by atoms with Crippen molar-refractivity contribution in [2.75, 3.05) is 5.32 Å². The van der Waals surface area contributed by atoms with Crippen molar-refractivity contribution in [1.82, 2.24) is 4.98 Å². The number of carbonyl (C=O) groups excluding carboxylic acids is 1. The van der Waals surface area contributed by atoms with Gasteiger partial charge in [0.05, 0.1) is 21.3 Å². The van der Waals surface area contributed by atoms with E-state index in [0.29, 0.717) is 0 Å². The van der Waals surface area contributed by atoms with E-state index in [1.807, 2.05) is 0 Å². The average molecular weight is 340 g/mol. The number of halogens is 2. The van der Waals surface area contributed by atoms with E-state index in [0.717, 1.165) is 12.3 Å². The van der Waals surface area contributed by atoms with Gasteiger partial charge in [-0.1, -0.05) is 0 Å². The molecular formula is C12H7BrFN3O3. The summed E-state index contributed by atoms with van der Waals surface area (Å²) in [6, 6.07) is 5.18. The van der Waals surface area contributed by atoms with Crippen LogP contribution in [0.1, 0.15) is 10.4 Å². The number of benzene rings is 1. The van der Waals surface area contributed by atoms with E-state index >= 15 is 0 Å². The Labute approximate surface area is 120 Å². The van der Waals surface area contributed by atoms with E-state index < -0.39 is 16.6 Å². The smallest absolute Gasteiger partial charge is 0.284 e. The van der Waals surface area contributed by atoms with E-state index in [-0.39, 0.29) is 21.4 Å². The number of anilines is 1. The van der Waals surface area contributed by atoms with Gasteiger partial charge in [-0.3, -0.25) is 19.9 Å². The zero-order chi connectivity index (χ0) is 14.7. The predicted molar refractivity (Wildman–Crippen MR) is 72.9 cm³/mol. The molecule has 102 valence electrons. The predicted octanol–water partition coefficient (Wildman–Crippen LogP) is 3.14. The summed E-state index contributed by atoms with van der Waals surface area (Å²) in [6.45, 7) is 0. The fourth-order valence-electron chi connectivity index (χ4n) is 1.46. The number of pyridine rings is 1. The molecule has 0 saturated carbocycles. The monoisotopic (exact) mass is 339 g/mol. The Morgan fingerprint density at radius 3 is 2.80 bits per heavy atom. The van der Waals surface area contributed by atoms with Gasteiger partial charge >= 0.3 is 0 Å². The minimum Gasteiger partial charge on any atom is -0.319 e. The largest absolute Gasteiger partial charge is 0.319 e. The van der Waals surface area contributed by atoms with Crippen molar-refractivity contribution in [1.29, 1.82) is 0 Å². The lowest BCUT2D eigenvalue weighted by Gasteiger charge is -2.06. The van der Waals surface area contributed by atoms with Gasteiger partial charge in [-0.05, 0) is 34.1 Å². The van der Waals surface area contributed by atoms with Crippen LogP contribution in [0.5, 0.6) is 0 Å². The molecule has 2 aromatic rings. The third-order valence-corrected chi connectivity index (χ3v) is 3.10. The highest BCUT2D eigenvalue weighted by atomic mass is 79.9. The Morgan fingerprint density at radius 2 is 2.15 bits per heavy atom. The molecule has 1 aromatic heterocycles. The Kier molecular flexibility index (Phi) is 4.04. The van der Waals surface area contributed by atoms with Gasteiger partial charge in [0.15, 0.2) is 5.82 Å². The molecule has 0 aliphatic carbocycles. The first-order chi connectivity index (χ1) is 9.49. The van der Waals surface area contributed by atoms with Crippen molar-refractivity contribution in [2.24, 2.45) is 0 Å². The van der Waals surface area contributed by atoms with Crippen LogP contribution in [0.15, 0.2) is 41.1 Å². The van der Waals surface area contributed by atoms with Crippen molar-refractivity contribution in [3.05, 3.63) is 62.6 Å². The van der Waals surface area contributed by atoms with Gasteiger partial charge in [0.1, 0.15) is 0 Å². The summed E-state index contributed by atoms with van der Waals surface area (Å²) >= 11 is 3.02. The van der Waals surface area contributed by atoms with E-state index in [2.05, 4.69) is 26.2 Å². The number of nitro benzene ring substituents is 1. The summed E-state index contributed by atoms with van der Waals surface area (Å²) in [5.41, 5.74) is -0.237. The number of nitrogens with zero attached hydrogens (tertiary/aromatic N) is 2. The van der Waals surface area contributed by atoms with Crippen LogP contribution >= 0.6 is 15.9 Å². The second-order valence-corrected chi connectivity index (χ2v) is 4.59. The minimum absolute atomic E-state index is 0.0458. The molecule has 0 spiro atoms. The zero-order valence-corrected chi connectivity index (χ0v) is 11.4. The van der Waals surface area contributed by atoms with Crippen molar-refractivity contribution in [2.45, 2.75) is 0 Å². The normalized spacial score (nSPS) is 10.1. The lowest BCUT2D eigenvalue weighted by atomic mass is 10.2. The SMILES string of the molecule is O=C(Nc1ccncc1F)c1ccc(Br)c([N+](=O)[O-])c1. The van der Waals surface area contributed by atoms with Crippen LogP contribution in [-0.4, -0.2) is 15.8 Å². The number of nitro groups is 1. The van der Waals surface area contributed by atoms with Crippen molar-refractivity contribution >= 4 is 33.2 Å². The molecule has 2 rings (SSSR count). The van der Waals surface area contributed by atoms with Crippen LogP contribution in [0.2, 0.25) is 0 Å². The van der Waals surface area contributed by atoms with Crippen molar-refractivity contribution in [3.8, 4) is 0 Å². The highest BCUT2D eigenvalue weighted by Crippen LogP contribution is 2.26. The van der Waals surface area contributed by atoms with E-state index in [1.165, 1.54) is 24.4 Å².